The van der Waals surface area contributed by atoms with Gasteiger partial charge in [0.15, 0.2) is 5.96 Å². The first-order valence-corrected chi connectivity index (χ1v) is 8.23. The maximum atomic E-state index is 13.6. The van der Waals surface area contributed by atoms with Crippen LogP contribution >= 0.6 is 24.0 Å². The average Bonchev–Trinajstić information content (AvgIpc) is 2.64. The molecule has 0 heterocycles. The van der Waals surface area contributed by atoms with Gasteiger partial charge in [-0.1, -0.05) is 24.3 Å². The third-order valence-electron chi connectivity index (χ3n) is 3.76. The number of carbonyl (C=O) groups is 1. The molecule has 27 heavy (non-hydrogen) atoms. The summed E-state index contributed by atoms with van der Waals surface area (Å²) in [7, 11) is 1.60. The number of amides is 1. The Morgan fingerprint density at radius 2 is 1.70 bits per heavy atom. The summed E-state index contributed by atoms with van der Waals surface area (Å²) in [4.78, 5) is 16.0. The van der Waals surface area contributed by atoms with Gasteiger partial charge in [-0.3, -0.25) is 9.79 Å². The topological polar surface area (TPSA) is 65.5 Å². The molecule has 8 heteroatoms. The summed E-state index contributed by atoms with van der Waals surface area (Å²) in [5.74, 6) is -0.551. The summed E-state index contributed by atoms with van der Waals surface area (Å²) in [5.41, 5.74) is 1.30. The van der Waals surface area contributed by atoms with Gasteiger partial charge in [0.2, 0.25) is 0 Å². The molecule has 0 aromatic heterocycles. The molecule has 0 atom stereocenters. The number of aryl methyl sites for hydroxylation is 1. The average molecular weight is 488 g/mol. The van der Waals surface area contributed by atoms with E-state index in [1.54, 1.807) is 44.3 Å². The van der Waals surface area contributed by atoms with Crippen LogP contribution in [0.3, 0.4) is 0 Å². The van der Waals surface area contributed by atoms with Gasteiger partial charge in [0.1, 0.15) is 11.6 Å². The van der Waals surface area contributed by atoms with Gasteiger partial charge in [-0.05, 0) is 30.7 Å². The van der Waals surface area contributed by atoms with E-state index in [4.69, 9.17) is 0 Å². The minimum Gasteiger partial charge on any atom is -0.355 e. The zero-order valence-electron chi connectivity index (χ0n) is 15.2. The third kappa shape index (κ3) is 7.12. The maximum Gasteiger partial charge on any atom is 0.251 e. The van der Waals surface area contributed by atoms with Crippen LogP contribution in [0.15, 0.2) is 47.5 Å². The van der Waals surface area contributed by atoms with E-state index in [0.717, 1.165) is 0 Å². The SMILES string of the molecule is CN=C(NCCNC(=O)c1ccc(C)c(F)c1)NCc1ccccc1F.I. The molecule has 0 saturated carbocycles. The monoisotopic (exact) mass is 488 g/mol. The highest BCUT2D eigenvalue weighted by atomic mass is 127. The molecule has 0 spiro atoms. The van der Waals surface area contributed by atoms with E-state index in [1.807, 2.05) is 0 Å². The molecule has 2 aromatic rings. The highest BCUT2D eigenvalue weighted by molar-refractivity contribution is 14.0. The smallest absolute Gasteiger partial charge is 0.251 e. The van der Waals surface area contributed by atoms with Gasteiger partial charge in [0.05, 0.1) is 0 Å². The molecule has 0 bridgehead atoms. The molecule has 2 aromatic carbocycles. The van der Waals surface area contributed by atoms with Crippen LogP contribution < -0.4 is 16.0 Å². The van der Waals surface area contributed by atoms with Gasteiger partial charge < -0.3 is 16.0 Å². The van der Waals surface area contributed by atoms with Crippen LogP contribution in [0.1, 0.15) is 21.5 Å². The fourth-order valence-corrected chi connectivity index (χ4v) is 2.23. The number of nitrogens with one attached hydrogen (secondary N) is 3. The van der Waals surface area contributed by atoms with E-state index >= 15 is 0 Å². The Morgan fingerprint density at radius 3 is 2.37 bits per heavy atom. The lowest BCUT2D eigenvalue weighted by molar-refractivity contribution is 0.0954. The number of hydrogen-bond donors (Lipinski definition) is 3. The molecule has 0 aliphatic carbocycles. The number of benzene rings is 2. The second-order valence-corrected chi connectivity index (χ2v) is 5.66. The van der Waals surface area contributed by atoms with Gasteiger partial charge in [-0.2, -0.15) is 0 Å². The third-order valence-corrected chi connectivity index (χ3v) is 3.76. The van der Waals surface area contributed by atoms with E-state index in [0.29, 0.717) is 36.7 Å². The first-order chi connectivity index (χ1) is 12.5. The standard InChI is InChI=1S/C19H22F2N4O.HI/c1-13-7-8-14(11-17(13)21)18(26)23-9-10-24-19(22-2)25-12-15-5-3-4-6-16(15)20;/h3-8,11H,9-10,12H2,1-2H3,(H,23,26)(H2,22,24,25);1H. The van der Waals surface area contributed by atoms with Crippen molar-refractivity contribution in [2.24, 2.45) is 4.99 Å². The van der Waals surface area contributed by atoms with Crippen LogP contribution in [0, 0.1) is 18.6 Å². The zero-order valence-corrected chi connectivity index (χ0v) is 17.5. The van der Waals surface area contributed by atoms with Crippen molar-refractivity contribution in [1.82, 2.24) is 16.0 Å². The molecule has 0 saturated heterocycles. The molecular weight excluding hydrogens is 465 g/mol. The summed E-state index contributed by atoms with van der Waals surface area (Å²) >= 11 is 0. The molecule has 0 fully saturated rings. The highest BCUT2D eigenvalue weighted by Crippen LogP contribution is 2.09. The number of nitrogens with zero attached hydrogens (tertiary/aromatic N) is 1. The lowest BCUT2D eigenvalue weighted by Gasteiger charge is -2.13. The Bertz CT molecular complexity index is 799. The summed E-state index contributed by atoms with van der Waals surface area (Å²) in [6.07, 6.45) is 0. The predicted molar refractivity (Wildman–Crippen MR) is 113 cm³/mol. The van der Waals surface area contributed by atoms with Crippen LogP contribution in [-0.4, -0.2) is 32.0 Å². The number of guanidine groups is 1. The van der Waals surface area contributed by atoms with Gasteiger partial charge >= 0.3 is 0 Å². The Balaban J connectivity index is 0.00000364. The van der Waals surface area contributed by atoms with Crippen LogP contribution in [0.25, 0.3) is 0 Å². The number of rotatable bonds is 6. The summed E-state index contributed by atoms with van der Waals surface area (Å²) < 4.78 is 27.1. The number of carbonyl (C=O) groups excluding carboxylic acids is 1. The maximum absolute atomic E-state index is 13.6. The number of halogens is 3. The van der Waals surface area contributed by atoms with Crippen LogP contribution in [0.5, 0.6) is 0 Å². The van der Waals surface area contributed by atoms with Gasteiger partial charge in [-0.15, -0.1) is 24.0 Å². The Morgan fingerprint density at radius 1 is 1.00 bits per heavy atom. The molecule has 3 N–H and O–H groups in total. The normalized spacial score (nSPS) is 10.7. The first-order valence-electron chi connectivity index (χ1n) is 8.23. The first kappa shape index (κ1) is 22.8. The fraction of sp³-hybridized carbons (Fsp3) is 0.263. The van der Waals surface area contributed by atoms with Crippen LogP contribution in [0.2, 0.25) is 0 Å². The van der Waals surface area contributed by atoms with E-state index < -0.39 is 5.82 Å². The Hall–Kier alpha value is -2.23. The molecule has 5 nitrogen and oxygen atoms in total. The van der Waals surface area contributed by atoms with Crippen molar-refractivity contribution in [1.29, 1.82) is 0 Å². The van der Waals surface area contributed by atoms with Crippen molar-refractivity contribution in [3.63, 3.8) is 0 Å². The lowest BCUT2D eigenvalue weighted by atomic mass is 10.1. The molecule has 1 amide bonds. The summed E-state index contributed by atoms with van der Waals surface area (Å²) in [6.45, 7) is 2.67. The molecule has 0 radical (unpaired) electrons. The van der Waals surface area contributed by atoms with Gasteiger partial charge in [0.25, 0.3) is 5.91 Å². The van der Waals surface area contributed by atoms with Crippen molar-refractivity contribution in [3.05, 3.63) is 70.8 Å². The molecule has 0 aliphatic heterocycles. The highest BCUT2D eigenvalue weighted by Gasteiger charge is 2.08. The molecular formula is C19H23F2IN4O. The van der Waals surface area contributed by atoms with Crippen LogP contribution in [-0.2, 0) is 6.54 Å². The van der Waals surface area contributed by atoms with Crippen molar-refractivity contribution >= 4 is 35.8 Å². The van der Waals surface area contributed by atoms with Crippen molar-refractivity contribution in [2.45, 2.75) is 13.5 Å². The van der Waals surface area contributed by atoms with Crippen molar-refractivity contribution in [2.75, 3.05) is 20.1 Å². The Kier molecular flexibility index (Phi) is 9.70. The zero-order chi connectivity index (χ0) is 18.9. The Labute approximate surface area is 174 Å². The molecule has 0 aliphatic rings. The van der Waals surface area contributed by atoms with Gasteiger partial charge in [0, 0.05) is 37.8 Å². The van der Waals surface area contributed by atoms with Crippen molar-refractivity contribution in [3.8, 4) is 0 Å². The van der Waals surface area contributed by atoms with Crippen LogP contribution in [0.4, 0.5) is 8.78 Å². The largest absolute Gasteiger partial charge is 0.355 e. The second-order valence-electron chi connectivity index (χ2n) is 5.66. The van der Waals surface area contributed by atoms with Crippen molar-refractivity contribution < 1.29 is 13.6 Å². The molecule has 0 unspecified atom stereocenters. The minimum absolute atomic E-state index is 0. The van der Waals surface area contributed by atoms with E-state index in [2.05, 4.69) is 20.9 Å². The van der Waals surface area contributed by atoms with E-state index in [9.17, 15) is 13.6 Å². The number of hydrogen-bond acceptors (Lipinski definition) is 2. The lowest BCUT2D eigenvalue weighted by Crippen LogP contribution is -2.41. The minimum atomic E-state index is -0.409. The quantitative estimate of drug-likeness (QED) is 0.254. The fourth-order valence-electron chi connectivity index (χ4n) is 2.23. The van der Waals surface area contributed by atoms with Gasteiger partial charge in [-0.25, -0.2) is 8.78 Å². The second kappa shape index (κ2) is 11.5. The molecule has 146 valence electrons. The summed E-state index contributed by atoms with van der Waals surface area (Å²) in [5, 5.41) is 8.71. The summed E-state index contributed by atoms with van der Waals surface area (Å²) in [6, 6.07) is 10.8. The number of aliphatic imine (C=N–C) groups is 1. The molecule has 2 rings (SSSR count). The predicted octanol–water partition coefficient (Wildman–Crippen LogP) is 2.99. The van der Waals surface area contributed by atoms with E-state index in [1.165, 1.54) is 12.1 Å². The van der Waals surface area contributed by atoms with E-state index in [-0.39, 0.29) is 41.3 Å².